The van der Waals surface area contributed by atoms with Crippen LogP contribution in [0.25, 0.3) is 0 Å². The summed E-state index contributed by atoms with van der Waals surface area (Å²) in [6, 6.07) is 14.4. The third-order valence-corrected chi connectivity index (χ3v) is 4.60. The number of nitro groups is 1. The Balaban J connectivity index is 2.38. The van der Waals surface area contributed by atoms with Gasteiger partial charge < -0.3 is 5.32 Å². The average Bonchev–Trinajstić information content (AvgIpc) is 2.48. The van der Waals surface area contributed by atoms with E-state index in [-0.39, 0.29) is 4.90 Å². The van der Waals surface area contributed by atoms with Gasteiger partial charge in [-0.15, -0.1) is 0 Å². The van der Waals surface area contributed by atoms with Crippen molar-refractivity contribution >= 4 is 15.5 Å². The number of hydrogen-bond acceptors (Lipinski definition) is 5. The molecule has 0 unspecified atom stereocenters. The van der Waals surface area contributed by atoms with Crippen LogP contribution in [0, 0.1) is 17.0 Å². The molecule has 0 amide bonds. The monoisotopic (exact) mass is 318 g/mol. The molecule has 0 radical (unpaired) electrons. The van der Waals surface area contributed by atoms with Gasteiger partial charge in [0.2, 0.25) is 0 Å². The Morgan fingerprint density at radius 3 is 2.41 bits per heavy atom. The lowest BCUT2D eigenvalue weighted by Gasteiger charge is -2.04. The maximum Gasteiger partial charge on any atom is 0.379 e. The molecule has 0 saturated carbocycles. The van der Waals surface area contributed by atoms with Crippen LogP contribution < -0.4 is 5.32 Å². The lowest BCUT2D eigenvalue weighted by molar-refractivity contribution is -0.411. The van der Waals surface area contributed by atoms with Gasteiger partial charge in [0.15, 0.2) is 0 Å². The zero-order chi connectivity index (χ0) is 16.2. The molecule has 114 valence electrons. The standard InChI is InChI=1S/C15H14N2O4S/c1-12-6-5-7-13(10-12)16-11-15(17(18)19)22(20,21)14-8-3-2-4-9-14/h2-11,16H,1H3. The Kier molecular flexibility index (Phi) is 4.57. The van der Waals surface area contributed by atoms with E-state index >= 15 is 0 Å². The summed E-state index contributed by atoms with van der Waals surface area (Å²) in [5.74, 6) is 0. The number of benzene rings is 2. The molecule has 7 heteroatoms. The maximum absolute atomic E-state index is 12.3. The Labute approximate surface area is 128 Å². The average molecular weight is 318 g/mol. The fraction of sp³-hybridized carbons (Fsp3) is 0.0667. The van der Waals surface area contributed by atoms with Crippen LogP contribution in [0.2, 0.25) is 0 Å². The third kappa shape index (κ3) is 3.50. The molecule has 0 bridgehead atoms. The van der Waals surface area contributed by atoms with E-state index in [4.69, 9.17) is 0 Å². The van der Waals surface area contributed by atoms with Crippen LogP contribution in [0.4, 0.5) is 5.69 Å². The summed E-state index contributed by atoms with van der Waals surface area (Å²) in [6.07, 6.45) is 0.900. The highest BCUT2D eigenvalue weighted by Gasteiger charge is 2.31. The number of aryl methyl sites for hydroxylation is 1. The van der Waals surface area contributed by atoms with Gasteiger partial charge in [-0.05, 0) is 36.8 Å². The fourth-order valence-corrected chi connectivity index (χ4v) is 3.00. The van der Waals surface area contributed by atoms with Crippen molar-refractivity contribution in [2.75, 3.05) is 5.32 Å². The van der Waals surface area contributed by atoms with Crippen molar-refractivity contribution in [3.05, 3.63) is 81.5 Å². The number of nitrogens with zero attached hydrogens (tertiary/aromatic N) is 1. The predicted molar refractivity (Wildman–Crippen MR) is 83.5 cm³/mol. The summed E-state index contributed by atoms with van der Waals surface area (Å²) in [6.45, 7) is 1.87. The van der Waals surface area contributed by atoms with Crippen LogP contribution in [-0.4, -0.2) is 13.3 Å². The topological polar surface area (TPSA) is 89.3 Å². The second kappa shape index (κ2) is 6.40. The summed E-state index contributed by atoms with van der Waals surface area (Å²) in [5, 5.41) is 12.9. The Morgan fingerprint density at radius 1 is 1.14 bits per heavy atom. The van der Waals surface area contributed by atoms with Crippen molar-refractivity contribution in [3.63, 3.8) is 0 Å². The Morgan fingerprint density at radius 2 is 1.82 bits per heavy atom. The van der Waals surface area contributed by atoms with E-state index in [1.54, 1.807) is 24.3 Å². The molecule has 6 nitrogen and oxygen atoms in total. The predicted octanol–water partition coefficient (Wildman–Crippen LogP) is 2.96. The van der Waals surface area contributed by atoms with E-state index in [0.29, 0.717) is 5.69 Å². The first-order chi connectivity index (χ1) is 10.4. The van der Waals surface area contributed by atoms with Gasteiger partial charge in [-0.3, -0.25) is 10.1 Å². The number of rotatable bonds is 5. The molecule has 2 rings (SSSR count). The highest BCUT2D eigenvalue weighted by molar-refractivity contribution is 7.95. The second-order valence-electron chi connectivity index (χ2n) is 4.57. The minimum atomic E-state index is -4.18. The fourth-order valence-electron chi connectivity index (χ4n) is 1.83. The first-order valence-electron chi connectivity index (χ1n) is 6.39. The van der Waals surface area contributed by atoms with Crippen LogP contribution in [0.3, 0.4) is 0 Å². The molecule has 0 saturated heterocycles. The molecule has 1 N–H and O–H groups in total. The van der Waals surface area contributed by atoms with Crippen molar-refractivity contribution in [1.82, 2.24) is 0 Å². The zero-order valence-electron chi connectivity index (χ0n) is 11.8. The molecule has 0 atom stereocenters. The van der Waals surface area contributed by atoms with E-state index in [9.17, 15) is 18.5 Å². The Hall–Kier alpha value is -2.67. The first-order valence-corrected chi connectivity index (χ1v) is 7.87. The van der Waals surface area contributed by atoms with Gasteiger partial charge in [0.1, 0.15) is 0 Å². The smallest absolute Gasteiger partial charge is 0.355 e. The number of nitrogens with one attached hydrogen (secondary N) is 1. The number of sulfone groups is 1. The maximum atomic E-state index is 12.3. The van der Waals surface area contributed by atoms with E-state index in [0.717, 1.165) is 11.8 Å². The van der Waals surface area contributed by atoms with Crippen LogP contribution in [0.5, 0.6) is 0 Å². The quantitative estimate of drug-likeness (QED) is 0.676. The van der Waals surface area contributed by atoms with Gasteiger partial charge in [0, 0.05) is 5.69 Å². The molecule has 0 aliphatic carbocycles. The van der Waals surface area contributed by atoms with Crippen molar-refractivity contribution in [3.8, 4) is 0 Å². The molecule has 0 aliphatic heterocycles. The van der Waals surface area contributed by atoms with Crippen molar-refractivity contribution in [2.45, 2.75) is 11.8 Å². The summed E-state index contributed by atoms with van der Waals surface area (Å²) >= 11 is 0. The summed E-state index contributed by atoms with van der Waals surface area (Å²) in [7, 11) is -4.18. The van der Waals surface area contributed by atoms with Gasteiger partial charge in [0.25, 0.3) is 9.84 Å². The van der Waals surface area contributed by atoms with E-state index < -0.39 is 19.8 Å². The van der Waals surface area contributed by atoms with Crippen LogP contribution in [0.1, 0.15) is 5.56 Å². The van der Waals surface area contributed by atoms with E-state index in [1.807, 2.05) is 13.0 Å². The van der Waals surface area contributed by atoms with Crippen molar-refractivity contribution in [1.29, 1.82) is 0 Å². The second-order valence-corrected chi connectivity index (χ2v) is 6.47. The minimum absolute atomic E-state index is 0.121. The molecule has 0 spiro atoms. The van der Waals surface area contributed by atoms with Crippen molar-refractivity contribution < 1.29 is 13.3 Å². The third-order valence-electron chi connectivity index (χ3n) is 2.89. The van der Waals surface area contributed by atoms with E-state index in [1.165, 1.54) is 24.3 Å². The minimum Gasteiger partial charge on any atom is -0.355 e. The van der Waals surface area contributed by atoms with Gasteiger partial charge in [0.05, 0.1) is 16.0 Å². The lowest BCUT2D eigenvalue weighted by Crippen LogP contribution is -2.14. The highest BCUT2D eigenvalue weighted by Crippen LogP contribution is 2.20. The summed E-state index contributed by atoms with van der Waals surface area (Å²) in [5.41, 5.74) is 1.52. The van der Waals surface area contributed by atoms with Crippen LogP contribution in [0.15, 0.2) is 70.7 Å². The Bertz CT molecular complexity index is 814. The molecule has 2 aromatic rings. The van der Waals surface area contributed by atoms with Crippen LogP contribution in [-0.2, 0) is 9.84 Å². The highest BCUT2D eigenvalue weighted by atomic mass is 32.2. The molecule has 0 heterocycles. The largest absolute Gasteiger partial charge is 0.379 e. The van der Waals surface area contributed by atoms with Crippen molar-refractivity contribution in [2.24, 2.45) is 0 Å². The summed E-state index contributed by atoms with van der Waals surface area (Å²) in [4.78, 5) is 10.1. The molecule has 0 fully saturated rings. The normalized spacial score (nSPS) is 12.0. The van der Waals surface area contributed by atoms with Gasteiger partial charge in [-0.1, -0.05) is 30.3 Å². The molecule has 22 heavy (non-hydrogen) atoms. The molecule has 0 aliphatic rings. The lowest BCUT2D eigenvalue weighted by atomic mass is 10.2. The molecular weight excluding hydrogens is 304 g/mol. The van der Waals surface area contributed by atoms with Crippen LogP contribution >= 0.6 is 0 Å². The van der Waals surface area contributed by atoms with E-state index in [2.05, 4.69) is 5.32 Å². The zero-order valence-corrected chi connectivity index (χ0v) is 12.6. The van der Waals surface area contributed by atoms with Gasteiger partial charge in [-0.2, -0.15) is 0 Å². The SMILES string of the molecule is Cc1cccc(NC=C([N+](=O)[O-])S(=O)(=O)c2ccccc2)c1. The molecular formula is C15H14N2O4S. The number of anilines is 1. The molecule has 2 aromatic carbocycles. The van der Waals surface area contributed by atoms with Gasteiger partial charge in [-0.25, -0.2) is 8.42 Å². The van der Waals surface area contributed by atoms with Gasteiger partial charge >= 0.3 is 5.03 Å². The first kappa shape index (κ1) is 15.7. The summed E-state index contributed by atoms with van der Waals surface area (Å²) < 4.78 is 24.6. The number of hydrogen-bond donors (Lipinski definition) is 1. The molecule has 0 aromatic heterocycles.